The number of hydrogen-bond donors (Lipinski definition) is 1. The number of rotatable bonds is 6. The lowest BCUT2D eigenvalue weighted by Gasteiger charge is -2.15. The average molecular weight is 442 g/mol. The van der Waals surface area contributed by atoms with Crippen LogP contribution in [0.5, 0.6) is 5.75 Å². The molecule has 0 radical (unpaired) electrons. The minimum atomic E-state index is -1.09. The number of hydrogen-bond acceptors (Lipinski definition) is 3. The number of halogens is 3. The van der Waals surface area contributed by atoms with Crippen molar-refractivity contribution in [3.8, 4) is 5.75 Å². The second-order valence-corrected chi connectivity index (χ2v) is 7.63. The predicted octanol–water partition coefficient (Wildman–Crippen LogP) is 6.39. The van der Waals surface area contributed by atoms with Crippen molar-refractivity contribution in [3.63, 3.8) is 0 Å². The van der Waals surface area contributed by atoms with Crippen molar-refractivity contribution in [1.82, 2.24) is 4.98 Å². The molecule has 0 unspecified atom stereocenters. The number of benzene rings is 2. The molecule has 1 N–H and O–H groups in total. The minimum Gasteiger partial charge on any atom is -0.488 e. The first-order chi connectivity index (χ1) is 14.9. The van der Waals surface area contributed by atoms with E-state index in [1.54, 1.807) is 30.3 Å². The molecule has 1 aliphatic carbocycles. The van der Waals surface area contributed by atoms with Crippen molar-refractivity contribution >= 4 is 28.7 Å². The fourth-order valence-corrected chi connectivity index (χ4v) is 3.89. The highest BCUT2D eigenvalue weighted by atomic mass is 35.5. The third-order valence-corrected chi connectivity index (χ3v) is 5.39. The van der Waals surface area contributed by atoms with Crippen molar-refractivity contribution in [3.05, 3.63) is 93.8 Å². The third kappa shape index (κ3) is 4.59. The Labute approximate surface area is 182 Å². The Kier molecular flexibility index (Phi) is 6.00. The van der Waals surface area contributed by atoms with Crippen LogP contribution in [0.1, 0.15) is 46.6 Å². The van der Waals surface area contributed by atoms with Crippen molar-refractivity contribution < 1.29 is 23.4 Å². The molecule has 0 spiro atoms. The maximum Gasteiger partial charge on any atom is 0.354 e. The van der Waals surface area contributed by atoms with Crippen LogP contribution in [0, 0.1) is 11.6 Å². The molecule has 31 heavy (non-hydrogen) atoms. The molecule has 1 aromatic heterocycles. The number of aromatic nitrogens is 1. The Bertz CT molecular complexity index is 1190. The first-order valence-corrected chi connectivity index (χ1v) is 10.1. The van der Waals surface area contributed by atoms with Crippen LogP contribution in [0.25, 0.3) is 11.1 Å². The number of carboxylic acid groups (broad SMARTS) is 1. The third-order valence-electron chi connectivity index (χ3n) is 5.15. The lowest BCUT2D eigenvalue weighted by Crippen LogP contribution is -2.03. The van der Waals surface area contributed by atoms with Gasteiger partial charge in [-0.1, -0.05) is 17.7 Å². The van der Waals surface area contributed by atoms with E-state index in [1.165, 1.54) is 6.07 Å². The van der Waals surface area contributed by atoms with Crippen LogP contribution in [0.4, 0.5) is 8.78 Å². The van der Waals surface area contributed by atoms with E-state index in [0.717, 1.165) is 54.2 Å². The van der Waals surface area contributed by atoms with Crippen LogP contribution in [0.15, 0.2) is 54.6 Å². The largest absolute Gasteiger partial charge is 0.488 e. The number of pyridine rings is 1. The molecule has 0 bridgehead atoms. The zero-order chi connectivity index (χ0) is 22.0. The van der Waals surface area contributed by atoms with Crippen molar-refractivity contribution in [2.24, 2.45) is 0 Å². The van der Waals surface area contributed by atoms with Crippen molar-refractivity contribution in [1.29, 1.82) is 0 Å². The first-order valence-electron chi connectivity index (χ1n) is 9.72. The van der Waals surface area contributed by atoms with Crippen LogP contribution in [0.3, 0.4) is 0 Å². The first kappa shape index (κ1) is 21.0. The van der Waals surface area contributed by atoms with Gasteiger partial charge in [0.05, 0.1) is 5.69 Å². The zero-order valence-corrected chi connectivity index (χ0v) is 17.1. The Morgan fingerprint density at radius 3 is 2.68 bits per heavy atom. The van der Waals surface area contributed by atoms with Gasteiger partial charge in [-0.05, 0) is 78.9 Å². The fourth-order valence-electron chi connectivity index (χ4n) is 3.72. The standard InChI is InChI=1S/C24H18ClF2NO3/c25-15-7-10-23(31-13-14-11-16(26)8-9-20(14)27)19(12-15)17-3-1-4-18(17)21-5-2-6-22(28-21)24(29)30/h2,5-12H,1,3-4,13H2,(H,29,30). The number of ether oxygens (including phenoxy) is 1. The van der Waals surface area contributed by atoms with Crippen molar-refractivity contribution in [2.45, 2.75) is 25.9 Å². The lowest BCUT2D eigenvalue weighted by molar-refractivity contribution is 0.0690. The Morgan fingerprint density at radius 1 is 1.06 bits per heavy atom. The monoisotopic (exact) mass is 441 g/mol. The van der Waals surface area contributed by atoms with E-state index >= 15 is 0 Å². The maximum absolute atomic E-state index is 14.0. The second kappa shape index (κ2) is 8.86. The SMILES string of the molecule is O=C(O)c1cccc(C2=C(c3cc(Cl)ccc3OCc3cc(F)ccc3F)CCC2)n1. The van der Waals surface area contributed by atoms with Gasteiger partial charge in [0.25, 0.3) is 0 Å². The molecule has 4 nitrogen and oxygen atoms in total. The molecule has 0 atom stereocenters. The highest BCUT2D eigenvalue weighted by molar-refractivity contribution is 6.30. The van der Waals surface area contributed by atoms with E-state index in [-0.39, 0.29) is 17.9 Å². The smallest absolute Gasteiger partial charge is 0.354 e. The summed E-state index contributed by atoms with van der Waals surface area (Å²) in [7, 11) is 0. The summed E-state index contributed by atoms with van der Waals surface area (Å²) in [5.74, 6) is -1.70. The molecule has 0 saturated heterocycles. The average Bonchev–Trinajstić information content (AvgIpc) is 3.25. The fraction of sp³-hybridized carbons (Fsp3) is 0.167. The number of nitrogens with zero attached hydrogens (tertiary/aromatic N) is 1. The molecule has 2 aromatic carbocycles. The molecule has 0 amide bonds. The molecule has 0 aliphatic heterocycles. The highest BCUT2D eigenvalue weighted by Gasteiger charge is 2.22. The van der Waals surface area contributed by atoms with Crippen LogP contribution in [0.2, 0.25) is 5.02 Å². The van der Waals surface area contributed by atoms with E-state index < -0.39 is 17.6 Å². The van der Waals surface area contributed by atoms with Gasteiger partial charge in [0.15, 0.2) is 0 Å². The maximum atomic E-state index is 14.0. The molecular weight excluding hydrogens is 424 g/mol. The molecule has 1 heterocycles. The van der Waals surface area contributed by atoms with Gasteiger partial charge in [-0.2, -0.15) is 0 Å². The van der Waals surface area contributed by atoms with E-state index in [9.17, 15) is 18.7 Å². The van der Waals surface area contributed by atoms with Gasteiger partial charge in [0.2, 0.25) is 0 Å². The summed E-state index contributed by atoms with van der Waals surface area (Å²) in [4.78, 5) is 15.6. The molecule has 7 heteroatoms. The summed E-state index contributed by atoms with van der Waals surface area (Å²) in [6, 6.07) is 13.2. The van der Waals surface area contributed by atoms with Gasteiger partial charge in [0, 0.05) is 16.1 Å². The van der Waals surface area contributed by atoms with Crippen LogP contribution in [-0.2, 0) is 6.61 Å². The van der Waals surface area contributed by atoms with Crippen molar-refractivity contribution in [2.75, 3.05) is 0 Å². The Hall–Kier alpha value is -3.25. The van der Waals surface area contributed by atoms with Gasteiger partial charge in [-0.15, -0.1) is 0 Å². The molecule has 3 aromatic rings. The number of allylic oxidation sites excluding steroid dienone is 2. The van der Waals surface area contributed by atoms with E-state index in [1.807, 2.05) is 0 Å². The van der Waals surface area contributed by atoms with Crippen LogP contribution >= 0.6 is 11.6 Å². The predicted molar refractivity (Wildman–Crippen MR) is 114 cm³/mol. The Balaban J connectivity index is 1.72. The van der Waals surface area contributed by atoms with Gasteiger partial charge in [0.1, 0.15) is 29.7 Å². The summed E-state index contributed by atoms with van der Waals surface area (Å²) in [6.07, 6.45) is 2.34. The highest BCUT2D eigenvalue weighted by Crippen LogP contribution is 2.43. The number of carbonyl (C=O) groups is 1. The molecular formula is C24H18ClF2NO3. The van der Waals surface area contributed by atoms with Crippen LogP contribution in [-0.4, -0.2) is 16.1 Å². The van der Waals surface area contributed by atoms with Crippen LogP contribution < -0.4 is 4.74 Å². The second-order valence-electron chi connectivity index (χ2n) is 7.19. The number of carboxylic acids is 1. The van der Waals surface area contributed by atoms with E-state index in [0.29, 0.717) is 16.5 Å². The summed E-state index contributed by atoms with van der Waals surface area (Å²) in [5, 5.41) is 9.77. The summed E-state index contributed by atoms with van der Waals surface area (Å²) < 4.78 is 33.3. The number of aromatic carboxylic acids is 1. The van der Waals surface area contributed by atoms with Gasteiger partial charge < -0.3 is 9.84 Å². The molecule has 0 fully saturated rings. The van der Waals surface area contributed by atoms with E-state index in [4.69, 9.17) is 16.3 Å². The van der Waals surface area contributed by atoms with Gasteiger partial charge in [-0.3, -0.25) is 0 Å². The minimum absolute atomic E-state index is 0.0274. The molecule has 158 valence electrons. The molecule has 1 aliphatic rings. The quantitative estimate of drug-likeness (QED) is 0.481. The van der Waals surface area contributed by atoms with Gasteiger partial charge in [-0.25, -0.2) is 18.6 Å². The Morgan fingerprint density at radius 2 is 1.87 bits per heavy atom. The topological polar surface area (TPSA) is 59.4 Å². The zero-order valence-electron chi connectivity index (χ0n) is 16.4. The lowest BCUT2D eigenvalue weighted by atomic mass is 9.99. The van der Waals surface area contributed by atoms with Gasteiger partial charge >= 0.3 is 5.97 Å². The van der Waals surface area contributed by atoms with E-state index in [2.05, 4.69) is 4.98 Å². The molecule has 4 rings (SSSR count). The normalized spacial score (nSPS) is 13.5. The summed E-state index contributed by atoms with van der Waals surface area (Å²) in [5.41, 5.74) is 3.28. The summed E-state index contributed by atoms with van der Waals surface area (Å²) >= 11 is 6.24. The summed E-state index contributed by atoms with van der Waals surface area (Å²) in [6.45, 7) is -0.145. The molecule has 0 saturated carbocycles.